The molecule has 0 spiro atoms. The number of methoxy groups -OCH3 is 1. The highest BCUT2D eigenvalue weighted by Gasteiger charge is 2.00. The summed E-state index contributed by atoms with van der Waals surface area (Å²) in [6.07, 6.45) is 3.59. The lowest BCUT2D eigenvalue weighted by Crippen LogP contribution is -1.99. The van der Waals surface area contributed by atoms with Crippen LogP contribution in [0.5, 0.6) is 5.75 Å². The number of aromatic amines is 1. The quantitative estimate of drug-likeness (QED) is 0.826. The molecule has 1 aromatic carbocycles. The van der Waals surface area contributed by atoms with Crippen LogP contribution in [0.2, 0.25) is 0 Å². The Morgan fingerprint density at radius 1 is 1.44 bits per heavy atom. The number of anilines is 1. The number of aromatic nitrogens is 2. The summed E-state index contributed by atoms with van der Waals surface area (Å²) in [5, 5.41) is 9.91. The molecule has 1 aromatic heterocycles. The van der Waals surface area contributed by atoms with Gasteiger partial charge in [0.05, 0.1) is 19.0 Å². The summed E-state index contributed by atoms with van der Waals surface area (Å²) in [6.45, 7) is 2.82. The number of hydrogen-bond donors (Lipinski definition) is 2. The minimum atomic E-state index is 0.782. The van der Waals surface area contributed by atoms with E-state index in [1.165, 1.54) is 5.56 Å². The highest BCUT2D eigenvalue weighted by molar-refractivity contribution is 5.41. The number of hydrogen-bond acceptors (Lipinski definition) is 3. The minimum Gasteiger partial charge on any atom is -0.496 e. The number of H-pyrrole nitrogens is 1. The van der Waals surface area contributed by atoms with Gasteiger partial charge in [0.15, 0.2) is 0 Å². The van der Waals surface area contributed by atoms with Crippen molar-refractivity contribution in [2.75, 3.05) is 12.4 Å². The number of nitrogens with one attached hydrogen (secondary N) is 2. The lowest BCUT2D eigenvalue weighted by Gasteiger charge is -2.08. The van der Waals surface area contributed by atoms with Gasteiger partial charge in [-0.25, -0.2) is 0 Å². The predicted molar refractivity (Wildman–Crippen MR) is 63.6 cm³/mol. The predicted octanol–water partition coefficient (Wildman–Crippen LogP) is 2.34. The molecule has 2 rings (SSSR count). The van der Waals surface area contributed by atoms with E-state index in [4.69, 9.17) is 4.74 Å². The molecule has 2 N–H and O–H groups in total. The van der Waals surface area contributed by atoms with Crippen LogP contribution in [0.25, 0.3) is 0 Å². The molecule has 84 valence electrons. The number of rotatable bonds is 4. The Balaban J connectivity index is 2.02. The van der Waals surface area contributed by atoms with Gasteiger partial charge in [0.1, 0.15) is 5.75 Å². The molecule has 0 atom stereocenters. The molecule has 0 bridgehead atoms. The van der Waals surface area contributed by atoms with Crippen molar-refractivity contribution in [1.29, 1.82) is 0 Å². The number of nitrogens with zero attached hydrogens (tertiary/aromatic N) is 1. The van der Waals surface area contributed by atoms with Gasteiger partial charge in [-0.3, -0.25) is 5.10 Å². The molecule has 0 radical (unpaired) electrons. The van der Waals surface area contributed by atoms with E-state index in [1.54, 1.807) is 13.3 Å². The number of benzene rings is 1. The van der Waals surface area contributed by atoms with Gasteiger partial charge in [-0.05, 0) is 24.1 Å². The monoisotopic (exact) mass is 217 g/mol. The maximum atomic E-state index is 5.21. The number of ether oxygens (including phenoxy) is 1. The molecule has 0 saturated heterocycles. The van der Waals surface area contributed by atoms with Gasteiger partial charge in [-0.15, -0.1) is 0 Å². The molecule has 0 aliphatic carbocycles. The largest absolute Gasteiger partial charge is 0.496 e. The van der Waals surface area contributed by atoms with Crippen LogP contribution in [-0.4, -0.2) is 17.3 Å². The van der Waals surface area contributed by atoms with Gasteiger partial charge < -0.3 is 10.1 Å². The SMILES string of the molecule is COc1ccc(CNc2cn[nH]c2)cc1C. The molecule has 0 fully saturated rings. The van der Waals surface area contributed by atoms with E-state index in [9.17, 15) is 0 Å². The molecule has 2 aromatic rings. The van der Waals surface area contributed by atoms with Crippen LogP contribution in [0.1, 0.15) is 11.1 Å². The second-order valence-electron chi connectivity index (χ2n) is 3.64. The average molecular weight is 217 g/mol. The van der Waals surface area contributed by atoms with Crippen molar-refractivity contribution < 1.29 is 4.74 Å². The Hall–Kier alpha value is -1.97. The molecule has 0 saturated carbocycles. The van der Waals surface area contributed by atoms with Crippen molar-refractivity contribution in [2.45, 2.75) is 13.5 Å². The van der Waals surface area contributed by atoms with Crippen LogP contribution >= 0.6 is 0 Å². The minimum absolute atomic E-state index is 0.782. The van der Waals surface area contributed by atoms with E-state index in [0.717, 1.165) is 23.5 Å². The molecule has 0 unspecified atom stereocenters. The third kappa shape index (κ3) is 2.34. The molecule has 4 nitrogen and oxygen atoms in total. The van der Waals surface area contributed by atoms with Crippen LogP contribution in [-0.2, 0) is 6.54 Å². The molecule has 4 heteroatoms. The first-order valence-electron chi connectivity index (χ1n) is 5.16. The standard InChI is InChI=1S/C12H15N3O/c1-9-5-10(3-4-12(9)16-2)6-13-11-7-14-15-8-11/h3-5,7-8,13H,6H2,1-2H3,(H,14,15). The fourth-order valence-electron chi connectivity index (χ4n) is 1.60. The summed E-state index contributed by atoms with van der Waals surface area (Å²) >= 11 is 0. The van der Waals surface area contributed by atoms with Gasteiger partial charge in [0.2, 0.25) is 0 Å². The van der Waals surface area contributed by atoms with E-state index in [1.807, 2.05) is 19.2 Å². The first-order chi connectivity index (χ1) is 7.79. The molecular formula is C12H15N3O. The van der Waals surface area contributed by atoms with Gasteiger partial charge in [0.25, 0.3) is 0 Å². The summed E-state index contributed by atoms with van der Waals surface area (Å²) in [5.41, 5.74) is 3.36. The van der Waals surface area contributed by atoms with Crippen molar-refractivity contribution in [3.8, 4) is 5.75 Å². The Bertz CT molecular complexity index is 451. The molecule has 16 heavy (non-hydrogen) atoms. The maximum absolute atomic E-state index is 5.21. The van der Waals surface area contributed by atoms with Crippen molar-refractivity contribution in [2.24, 2.45) is 0 Å². The third-order valence-electron chi connectivity index (χ3n) is 2.45. The molecular weight excluding hydrogens is 202 g/mol. The van der Waals surface area contributed by atoms with Gasteiger partial charge >= 0.3 is 0 Å². The molecule has 0 aliphatic heterocycles. The zero-order chi connectivity index (χ0) is 11.4. The summed E-state index contributed by atoms with van der Waals surface area (Å²) in [4.78, 5) is 0. The fourth-order valence-corrected chi connectivity index (χ4v) is 1.60. The van der Waals surface area contributed by atoms with Gasteiger partial charge in [-0.2, -0.15) is 5.10 Å². The number of aryl methyl sites for hydroxylation is 1. The van der Waals surface area contributed by atoms with Crippen LogP contribution in [0.3, 0.4) is 0 Å². The van der Waals surface area contributed by atoms with E-state index >= 15 is 0 Å². The summed E-state index contributed by atoms with van der Waals surface area (Å²) in [7, 11) is 1.69. The molecule has 0 amide bonds. The molecule has 0 aliphatic rings. The highest BCUT2D eigenvalue weighted by atomic mass is 16.5. The second-order valence-corrected chi connectivity index (χ2v) is 3.64. The molecule has 1 heterocycles. The Morgan fingerprint density at radius 2 is 2.31 bits per heavy atom. The first kappa shape index (κ1) is 10.5. The van der Waals surface area contributed by atoms with Crippen molar-refractivity contribution in [3.05, 3.63) is 41.7 Å². The van der Waals surface area contributed by atoms with Crippen LogP contribution in [0.4, 0.5) is 5.69 Å². The zero-order valence-electron chi connectivity index (χ0n) is 9.45. The lowest BCUT2D eigenvalue weighted by molar-refractivity contribution is 0.411. The first-order valence-corrected chi connectivity index (χ1v) is 5.16. The fraction of sp³-hybridized carbons (Fsp3) is 0.250. The van der Waals surface area contributed by atoms with E-state index < -0.39 is 0 Å². The van der Waals surface area contributed by atoms with Crippen LogP contribution < -0.4 is 10.1 Å². The lowest BCUT2D eigenvalue weighted by atomic mass is 10.1. The van der Waals surface area contributed by atoms with Crippen LogP contribution in [0.15, 0.2) is 30.6 Å². The maximum Gasteiger partial charge on any atom is 0.121 e. The zero-order valence-corrected chi connectivity index (χ0v) is 9.45. The third-order valence-corrected chi connectivity index (χ3v) is 2.45. The normalized spacial score (nSPS) is 10.1. The summed E-state index contributed by atoms with van der Waals surface area (Å²) in [6, 6.07) is 6.16. The Kier molecular flexibility index (Phi) is 3.10. The van der Waals surface area contributed by atoms with Crippen molar-refractivity contribution in [1.82, 2.24) is 10.2 Å². The van der Waals surface area contributed by atoms with E-state index in [-0.39, 0.29) is 0 Å². The second kappa shape index (κ2) is 4.70. The highest BCUT2D eigenvalue weighted by Crippen LogP contribution is 2.19. The van der Waals surface area contributed by atoms with Gasteiger partial charge in [0, 0.05) is 12.7 Å². The van der Waals surface area contributed by atoms with Crippen molar-refractivity contribution in [3.63, 3.8) is 0 Å². The average Bonchev–Trinajstić information content (AvgIpc) is 2.79. The summed E-state index contributed by atoms with van der Waals surface area (Å²) in [5.74, 6) is 0.923. The van der Waals surface area contributed by atoms with Crippen LogP contribution in [0, 0.1) is 6.92 Å². The Labute approximate surface area is 94.6 Å². The summed E-state index contributed by atoms with van der Waals surface area (Å²) < 4.78 is 5.21. The van der Waals surface area contributed by atoms with Gasteiger partial charge in [-0.1, -0.05) is 12.1 Å². The smallest absolute Gasteiger partial charge is 0.121 e. The van der Waals surface area contributed by atoms with Crippen molar-refractivity contribution >= 4 is 5.69 Å². The topological polar surface area (TPSA) is 49.9 Å². The van der Waals surface area contributed by atoms with E-state index in [2.05, 4.69) is 27.6 Å². The van der Waals surface area contributed by atoms with E-state index in [0.29, 0.717) is 0 Å². The Morgan fingerprint density at radius 3 is 2.94 bits per heavy atom.